The molecule has 0 aliphatic rings. The van der Waals surface area contributed by atoms with Gasteiger partial charge in [0.1, 0.15) is 24.2 Å². The van der Waals surface area contributed by atoms with Crippen molar-refractivity contribution < 1.29 is 36.3 Å². The van der Waals surface area contributed by atoms with Crippen molar-refractivity contribution in [2.45, 2.75) is 50.7 Å². The van der Waals surface area contributed by atoms with Crippen LogP contribution >= 0.6 is 0 Å². The molecule has 0 saturated heterocycles. The van der Waals surface area contributed by atoms with E-state index in [1.54, 1.807) is 13.0 Å². The van der Waals surface area contributed by atoms with Crippen LogP contribution in [0.25, 0.3) is 0 Å². The molecule has 2 atom stereocenters. The molecule has 0 unspecified atom stereocenters. The SMILES string of the molecule is CC[C@@H](C)NC(=O)[C@H](C)N(Cc1ccccc1F)C(=O)CN(c1ccc(F)cc1)S(=O)(=O)c1ccc(OC)c(OC)c1. The van der Waals surface area contributed by atoms with Crippen LogP contribution in [0.5, 0.6) is 11.5 Å². The fourth-order valence-corrected chi connectivity index (χ4v) is 5.53. The summed E-state index contributed by atoms with van der Waals surface area (Å²) < 4.78 is 67.7. The Balaban J connectivity index is 2.07. The zero-order chi connectivity index (χ0) is 31.0. The van der Waals surface area contributed by atoms with Gasteiger partial charge in [-0.25, -0.2) is 17.2 Å². The van der Waals surface area contributed by atoms with E-state index >= 15 is 0 Å². The number of ether oxygens (including phenoxy) is 2. The van der Waals surface area contributed by atoms with Crippen LogP contribution in [0.3, 0.4) is 0 Å². The Morgan fingerprint density at radius 2 is 1.57 bits per heavy atom. The number of amides is 2. The van der Waals surface area contributed by atoms with Gasteiger partial charge in [-0.2, -0.15) is 0 Å². The molecule has 226 valence electrons. The van der Waals surface area contributed by atoms with E-state index in [4.69, 9.17) is 9.47 Å². The first-order chi connectivity index (χ1) is 19.9. The molecule has 42 heavy (non-hydrogen) atoms. The number of hydrogen-bond acceptors (Lipinski definition) is 6. The zero-order valence-electron chi connectivity index (χ0n) is 24.1. The topological polar surface area (TPSA) is 105 Å². The van der Waals surface area contributed by atoms with Gasteiger partial charge in [-0.1, -0.05) is 25.1 Å². The lowest BCUT2D eigenvalue weighted by Gasteiger charge is -2.32. The highest BCUT2D eigenvalue weighted by Crippen LogP contribution is 2.32. The number of nitrogens with one attached hydrogen (secondary N) is 1. The first-order valence-corrected chi connectivity index (χ1v) is 14.7. The van der Waals surface area contributed by atoms with Crippen molar-refractivity contribution in [1.29, 1.82) is 0 Å². The molecule has 0 heterocycles. The van der Waals surface area contributed by atoms with Gasteiger partial charge in [-0.15, -0.1) is 0 Å². The standard InChI is InChI=1S/C30H35F2N3O6S/c1-6-20(2)33-30(37)21(3)34(18-22-9-7-8-10-26(22)32)29(36)19-35(24-13-11-23(31)12-14-24)42(38,39)25-15-16-27(40-4)28(17-25)41-5/h7-17,20-21H,6,18-19H2,1-5H3,(H,33,37)/t20-,21+/m1/s1. The van der Waals surface area contributed by atoms with Crippen LogP contribution in [0.15, 0.2) is 71.6 Å². The number of benzene rings is 3. The Hall–Kier alpha value is -4.19. The molecule has 0 aliphatic carbocycles. The van der Waals surface area contributed by atoms with Gasteiger partial charge in [0.05, 0.1) is 24.8 Å². The van der Waals surface area contributed by atoms with Gasteiger partial charge >= 0.3 is 0 Å². The minimum absolute atomic E-state index is 0.00193. The summed E-state index contributed by atoms with van der Waals surface area (Å²) in [5.41, 5.74) is 0.146. The summed E-state index contributed by atoms with van der Waals surface area (Å²) >= 11 is 0. The highest BCUT2D eigenvalue weighted by Gasteiger charge is 2.33. The average molecular weight is 604 g/mol. The Morgan fingerprint density at radius 3 is 2.17 bits per heavy atom. The Kier molecular flexibility index (Phi) is 10.9. The van der Waals surface area contributed by atoms with Gasteiger partial charge in [0.25, 0.3) is 10.0 Å². The van der Waals surface area contributed by atoms with E-state index < -0.39 is 46.1 Å². The number of rotatable bonds is 13. The fourth-order valence-electron chi connectivity index (χ4n) is 4.10. The van der Waals surface area contributed by atoms with E-state index in [2.05, 4.69) is 5.32 Å². The van der Waals surface area contributed by atoms with Gasteiger partial charge in [-0.3, -0.25) is 13.9 Å². The van der Waals surface area contributed by atoms with Crippen LogP contribution in [0.2, 0.25) is 0 Å². The van der Waals surface area contributed by atoms with Crippen LogP contribution in [0.4, 0.5) is 14.5 Å². The number of halogens is 2. The van der Waals surface area contributed by atoms with Crippen LogP contribution in [0, 0.1) is 11.6 Å². The molecule has 2 amide bonds. The van der Waals surface area contributed by atoms with Gasteiger partial charge in [-0.05, 0) is 62.7 Å². The Bertz CT molecular complexity index is 1500. The minimum Gasteiger partial charge on any atom is -0.493 e. The summed E-state index contributed by atoms with van der Waals surface area (Å²) in [4.78, 5) is 27.9. The van der Waals surface area contributed by atoms with Gasteiger partial charge in [0.15, 0.2) is 11.5 Å². The lowest BCUT2D eigenvalue weighted by molar-refractivity contribution is -0.139. The second kappa shape index (κ2) is 14.1. The molecule has 0 saturated carbocycles. The van der Waals surface area contributed by atoms with E-state index in [9.17, 15) is 26.8 Å². The number of carbonyl (C=O) groups excluding carboxylic acids is 2. The number of methoxy groups -OCH3 is 2. The normalized spacial score (nSPS) is 12.6. The molecule has 0 radical (unpaired) electrons. The molecular weight excluding hydrogens is 568 g/mol. The van der Waals surface area contributed by atoms with Gasteiger partial charge < -0.3 is 19.7 Å². The summed E-state index contributed by atoms with van der Waals surface area (Å²) in [6.45, 7) is 4.12. The molecule has 0 fully saturated rings. The summed E-state index contributed by atoms with van der Waals surface area (Å²) in [5.74, 6) is -2.02. The van der Waals surface area contributed by atoms with Gasteiger partial charge in [0, 0.05) is 24.2 Å². The van der Waals surface area contributed by atoms with E-state index in [0.717, 1.165) is 21.3 Å². The molecule has 0 spiro atoms. The van der Waals surface area contributed by atoms with Crippen LogP contribution in [-0.2, 0) is 26.2 Å². The van der Waals surface area contributed by atoms with E-state index in [1.807, 2.05) is 6.92 Å². The third kappa shape index (κ3) is 7.55. The smallest absolute Gasteiger partial charge is 0.264 e. The molecular formula is C30H35F2N3O6S. The first-order valence-electron chi connectivity index (χ1n) is 13.3. The highest BCUT2D eigenvalue weighted by molar-refractivity contribution is 7.92. The summed E-state index contributed by atoms with van der Waals surface area (Å²) in [5, 5.41) is 2.81. The fraction of sp³-hybridized carbons (Fsp3) is 0.333. The molecule has 3 aromatic rings. The van der Waals surface area contributed by atoms with Crippen molar-refractivity contribution in [3.63, 3.8) is 0 Å². The van der Waals surface area contributed by atoms with Crippen molar-refractivity contribution >= 4 is 27.5 Å². The largest absolute Gasteiger partial charge is 0.493 e. The lowest BCUT2D eigenvalue weighted by atomic mass is 10.1. The number of anilines is 1. The molecule has 3 rings (SSSR count). The average Bonchev–Trinajstić information content (AvgIpc) is 2.98. The van der Waals surface area contributed by atoms with Crippen molar-refractivity contribution in [2.24, 2.45) is 0 Å². The number of carbonyl (C=O) groups is 2. The minimum atomic E-state index is -4.45. The molecule has 9 nitrogen and oxygen atoms in total. The van der Waals surface area contributed by atoms with Crippen molar-refractivity contribution in [3.05, 3.63) is 83.9 Å². The van der Waals surface area contributed by atoms with E-state index in [1.165, 1.54) is 69.7 Å². The predicted octanol–water partition coefficient (Wildman–Crippen LogP) is 4.51. The summed E-state index contributed by atoms with van der Waals surface area (Å²) in [6.07, 6.45) is 0.641. The first kappa shape index (κ1) is 32.3. The molecule has 0 aliphatic heterocycles. The van der Waals surface area contributed by atoms with Crippen LogP contribution in [0.1, 0.15) is 32.8 Å². The highest BCUT2D eigenvalue weighted by atomic mass is 32.2. The van der Waals surface area contributed by atoms with Gasteiger partial charge in [0.2, 0.25) is 11.8 Å². The third-order valence-electron chi connectivity index (χ3n) is 6.80. The zero-order valence-corrected chi connectivity index (χ0v) is 25.0. The Labute approximate surface area is 245 Å². The number of sulfonamides is 1. The van der Waals surface area contributed by atoms with Crippen molar-refractivity contribution in [3.8, 4) is 11.5 Å². The van der Waals surface area contributed by atoms with E-state index in [-0.39, 0.29) is 40.2 Å². The molecule has 1 N–H and O–H groups in total. The summed E-state index contributed by atoms with van der Waals surface area (Å²) in [7, 11) is -1.70. The van der Waals surface area contributed by atoms with Crippen molar-refractivity contribution in [1.82, 2.24) is 10.2 Å². The number of nitrogens with zero attached hydrogens (tertiary/aromatic N) is 2. The molecule has 3 aromatic carbocycles. The Morgan fingerprint density at radius 1 is 0.929 bits per heavy atom. The maximum atomic E-state index is 14.6. The molecule has 0 bridgehead atoms. The summed E-state index contributed by atoms with van der Waals surface area (Å²) in [6, 6.07) is 13.0. The second-order valence-corrected chi connectivity index (χ2v) is 11.5. The maximum absolute atomic E-state index is 14.6. The van der Waals surface area contributed by atoms with Crippen LogP contribution in [-0.4, -0.2) is 58.0 Å². The monoisotopic (exact) mass is 603 g/mol. The quantitative estimate of drug-likeness (QED) is 0.308. The second-order valence-electron chi connectivity index (χ2n) is 9.61. The predicted molar refractivity (Wildman–Crippen MR) is 155 cm³/mol. The van der Waals surface area contributed by atoms with Crippen molar-refractivity contribution in [2.75, 3.05) is 25.1 Å². The molecule has 0 aromatic heterocycles. The number of hydrogen-bond donors (Lipinski definition) is 1. The maximum Gasteiger partial charge on any atom is 0.264 e. The lowest BCUT2D eigenvalue weighted by Crippen LogP contribution is -2.52. The third-order valence-corrected chi connectivity index (χ3v) is 8.57. The van der Waals surface area contributed by atoms with E-state index in [0.29, 0.717) is 6.42 Å². The molecule has 12 heteroatoms. The van der Waals surface area contributed by atoms with Crippen LogP contribution < -0.4 is 19.1 Å².